The second kappa shape index (κ2) is 11.9. The summed E-state index contributed by atoms with van der Waals surface area (Å²) in [5.74, 6) is 2.60. The van der Waals surface area contributed by atoms with Crippen molar-refractivity contribution in [2.75, 3.05) is 39.6 Å². The Morgan fingerprint density at radius 2 is 1.03 bits per heavy atom. The standard InChI is InChI=1S/C28H38O4/c1-3-23(27-17-31-18-27)15-29-13-21-5-9-25(10-6-21)26-11-7-22(8-12-26)14-30-16-24(4-2)28-19-32-20-28/h5-12,23-24,27-28H,3-4,13-20H2,1-2H3. The third-order valence-corrected chi connectivity index (χ3v) is 7.15. The Morgan fingerprint density at radius 3 is 1.31 bits per heavy atom. The first-order valence-electron chi connectivity index (χ1n) is 12.3. The van der Waals surface area contributed by atoms with E-state index in [4.69, 9.17) is 18.9 Å². The lowest BCUT2D eigenvalue weighted by atomic mass is 9.89. The molecule has 0 radical (unpaired) electrons. The van der Waals surface area contributed by atoms with Gasteiger partial charge in [0.15, 0.2) is 0 Å². The largest absolute Gasteiger partial charge is 0.381 e. The molecule has 2 saturated heterocycles. The van der Waals surface area contributed by atoms with Gasteiger partial charge in [-0.2, -0.15) is 0 Å². The molecule has 0 N–H and O–H groups in total. The second-order valence-electron chi connectivity index (χ2n) is 9.36. The van der Waals surface area contributed by atoms with Crippen molar-refractivity contribution in [3.05, 3.63) is 59.7 Å². The monoisotopic (exact) mass is 438 g/mol. The number of hydrogen-bond acceptors (Lipinski definition) is 4. The van der Waals surface area contributed by atoms with Gasteiger partial charge in [-0.15, -0.1) is 0 Å². The van der Waals surface area contributed by atoms with Crippen LogP contribution in [0.15, 0.2) is 48.5 Å². The Balaban J connectivity index is 1.21. The summed E-state index contributed by atoms with van der Waals surface area (Å²) in [6, 6.07) is 17.5. The fraction of sp³-hybridized carbons (Fsp3) is 0.571. The molecule has 32 heavy (non-hydrogen) atoms. The first kappa shape index (κ1) is 23.4. The van der Waals surface area contributed by atoms with Gasteiger partial charge >= 0.3 is 0 Å². The number of benzene rings is 2. The van der Waals surface area contributed by atoms with E-state index < -0.39 is 0 Å². The van der Waals surface area contributed by atoms with Crippen LogP contribution < -0.4 is 0 Å². The maximum Gasteiger partial charge on any atom is 0.0717 e. The zero-order chi connectivity index (χ0) is 22.2. The molecule has 0 saturated carbocycles. The van der Waals surface area contributed by atoms with Crippen molar-refractivity contribution in [1.29, 1.82) is 0 Å². The van der Waals surface area contributed by atoms with E-state index in [1.165, 1.54) is 22.3 Å². The summed E-state index contributed by atoms with van der Waals surface area (Å²) in [5.41, 5.74) is 4.91. The van der Waals surface area contributed by atoms with Gasteiger partial charge in [-0.3, -0.25) is 0 Å². The Morgan fingerprint density at radius 1 is 0.656 bits per heavy atom. The minimum absolute atomic E-state index is 0.616. The highest BCUT2D eigenvalue weighted by Gasteiger charge is 2.27. The van der Waals surface area contributed by atoms with Crippen molar-refractivity contribution >= 4 is 0 Å². The summed E-state index contributed by atoms with van der Waals surface area (Å²) in [5, 5.41) is 0. The van der Waals surface area contributed by atoms with Crippen molar-refractivity contribution in [1.82, 2.24) is 0 Å². The normalized spacial score (nSPS) is 18.7. The minimum atomic E-state index is 0.616. The van der Waals surface area contributed by atoms with Gasteiger partial charge in [0.2, 0.25) is 0 Å². The van der Waals surface area contributed by atoms with Gasteiger partial charge in [-0.05, 0) is 34.1 Å². The summed E-state index contributed by atoms with van der Waals surface area (Å²) in [4.78, 5) is 0. The molecule has 0 spiro atoms. The molecular formula is C28H38O4. The molecule has 4 rings (SSSR count). The highest BCUT2D eigenvalue weighted by atomic mass is 16.5. The minimum Gasteiger partial charge on any atom is -0.381 e. The molecule has 2 fully saturated rings. The topological polar surface area (TPSA) is 36.9 Å². The highest BCUT2D eigenvalue weighted by molar-refractivity contribution is 5.63. The molecule has 0 amide bonds. The average Bonchev–Trinajstić information content (AvgIpc) is 2.76. The van der Waals surface area contributed by atoms with Crippen LogP contribution in [-0.2, 0) is 32.2 Å². The van der Waals surface area contributed by atoms with E-state index in [0.717, 1.165) is 52.5 Å². The van der Waals surface area contributed by atoms with Crippen molar-refractivity contribution in [3.63, 3.8) is 0 Å². The van der Waals surface area contributed by atoms with Crippen LogP contribution in [0.1, 0.15) is 37.8 Å². The van der Waals surface area contributed by atoms with Gasteiger partial charge in [0, 0.05) is 11.8 Å². The predicted molar refractivity (Wildman–Crippen MR) is 127 cm³/mol. The van der Waals surface area contributed by atoms with Crippen molar-refractivity contribution < 1.29 is 18.9 Å². The Labute approximate surface area is 193 Å². The molecule has 4 nitrogen and oxygen atoms in total. The SMILES string of the molecule is CCC(COCc1ccc(-c2ccc(COCC(CC)C3COC3)cc2)cc1)C1COC1. The third-order valence-electron chi connectivity index (χ3n) is 7.15. The van der Waals surface area contributed by atoms with Crippen LogP contribution in [0.25, 0.3) is 11.1 Å². The average molecular weight is 439 g/mol. The molecule has 4 heteroatoms. The molecule has 2 aliphatic heterocycles. The van der Waals surface area contributed by atoms with Crippen molar-refractivity contribution in [3.8, 4) is 11.1 Å². The Kier molecular flexibility index (Phi) is 8.75. The molecule has 0 aromatic heterocycles. The van der Waals surface area contributed by atoms with Crippen LogP contribution >= 0.6 is 0 Å². The Bertz CT molecular complexity index is 724. The maximum atomic E-state index is 6.00. The smallest absolute Gasteiger partial charge is 0.0717 e. The zero-order valence-corrected chi connectivity index (χ0v) is 19.6. The van der Waals surface area contributed by atoms with Gasteiger partial charge in [0.25, 0.3) is 0 Å². The second-order valence-corrected chi connectivity index (χ2v) is 9.36. The van der Waals surface area contributed by atoms with Crippen LogP contribution in [0, 0.1) is 23.7 Å². The van der Waals surface area contributed by atoms with Gasteiger partial charge in [0.1, 0.15) is 0 Å². The van der Waals surface area contributed by atoms with Gasteiger partial charge in [-0.1, -0.05) is 75.2 Å². The first-order chi connectivity index (χ1) is 15.8. The molecule has 2 aromatic rings. The van der Waals surface area contributed by atoms with E-state index in [-0.39, 0.29) is 0 Å². The highest BCUT2D eigenvalue weighted by Crippen LogP contribution is 2.26. The van der Waals surface area contributed by atoms with Crippen LogP contribution in [0.5, 0.6) is 0 Å². The lowest BCUT2D eigenvalue weighted by Gasteiger charge is -2.33. The summed E-state index contributed by atoms with van der Waals surface area (Å²) >= 11 is 0. The Hall–Kier alpha value is -1.72. The maximum absolute atomic E-state index is 6.00. The fourth-order valence-corrected chi connectivity index (χ4v) is 4.47. The van der Waals surface area contributed by atoms with Gasteiger partial charge in [0.05, 0.1) is 52.9 Å². The molecule has 0 aliphatic carbocycles. The first-order valence-corrected chi connectivity index (χ1v) is 12.3. The lowest BCUT2D eigenvalue weighted by Crippen LogP contribution is -2.36. The zero-order valence-electron chi connectivity index (χ0n) is 19.6. The van der Waals surface area contributed by atoms with Crippen molar-refractivity contribution in [2.45, 2.75) is 39.9 Å². The molecule has 2 aliphatic rings. The van der Waals surface area contributed by atoms with Gasteiger partial charge in [-0.25, -0.2) is 0 Å². The van der Waals surface area contributed by atoms with Crippen LogP contribution in [0.4, 0.5) is 0 Å². The number of rotatable bonds is 13. The summed E-state index contributed by atoms with van der Waals surface area (Å²) in [7, 11) is 0. The fourth-order valence-electron chi connectivity index (χ4n) is 4.47. The van der Waals surface area contributed by atoms with E-state index in [2.05, 4.69) is 62.4 Å². The molecular weight excluding hydrogens is 400 g/mol. The number of ether oxygens (including phenoxy) is 4. The van der Waals surface area contributed by atoms with Crippen molar-refractivity contribution in [2.24, 2.45) is 23.7 Å². The number of hydrogen-bond donors (Lipinski definition) is 0. The molecule has 2 unspecified atom stereocenters. The predicted octanol–water partition coefficient (Wildman–Crippen LogP) is 5.73. The molecule has 174 valence electrons. The van der Waals surface area contributed by atoms with E-state index in [0.29, 0.717) is 36.9 Å². The lowest BCUT2D eigenvalue weighted by molar-refractivity contribution is -0.0806. The van der Waals surface area contributed by atoms with E-state index in [9.17, 15) is 0 Å². The summed E-state index contributed by atoms with van der Waals surface area (Å²) in [6.07, 6.45) is 2.31. The molecule has 2 atom stereocenters. The van der Waals surface area contributed by atoms with E-state index in [1.807, 2.05) is 0 Å². The summed E-state index contributed by atoms with van der Waals surface area (Å²) in [6.45, 7) is 11.1. The van der Waals surface area contributed by atoms with Gasteiger partial charge < -0.3 is 18.9 Å². The van der Waals surface area contributed by atoms with Crippen LogP contribution in [0.2, 0.25) is 0 Å². The molecule has 2 heterocycles. The molecule has 0 bridgehead atoms. The third kappa shape index (κ3) is 6.20. The van der Waals surface area contributed by atoms with Crippen LogP contribution in [-0.4, -0.2) is 39.6 Å². The van der Waals surface area contributed by atoms with E-state index >= 15 is 0 Å². The quantitative estimate of drug-likeness (QED) is 0.400. The molecule has 2 aromatic carbocycles. The van der Waals surface area contributed by atoms with E-state index in [1.54, 1.807) is 0 Å². The van der Waals surface area contributed by atoms with Crippen LogP contribution in [0.3, 0.4) is 0 Å². The summed E-state index contributed by atoms with van der Waals surface area (Å²) < 4.78 is 22.7.